The SMILES string of the molecule is CCCS(=O)(=O)Nc1cccc(CN2C(=N)NC(C)(CC(C)C)C2=O)c1. The average Bonchev–Trinajstić information content (AvgIpc) is 2.69. The fraction of sp³-hybridized carbons (Fsp3) is 0.556. The molecule has 1 saturated heterocycles. The molecule has 0 aliphatic carbocycles. The summed E-state index contributed by atoms with van der Waals surface area (Å²) < 4.78 is 26.4. The van der Waals surface area contributed by atoms with Crippen LogP contribution in [0.2, 0.25) is 0 Å². The number of nitrogens with one attached hydrogen (secondary N) is 3. The van der Waals surface area contributed by atoms with Gasteiger partial charge in [0.2, 0.25) is 10.0 Å². The Morgan fingerprint density at radius 3 is 2.65 bits per heavy atom. The molecule has 26 heavy (non-hydrogen) atoms. The summed E-state index contributed by atoms with van der Waals surface area (Å²) in [6.07, 6.45) is 1.18. The normalized spacial score (nSPS) is 20.6. The summed E-state index contributed by atoms with van der Waals surface area (Å²) in [7, 11) is -3.37. The Morgan fingerprint density at radius 1 is 1.35 bits per heavy atom. The van der Waals surface area contributed by atoms with Crippen molar-refractivity contribution in [1.82, 2.24) is 10.2 Å². The minimum atomic E-state index is -3.37. The van der Waals surface area contributed by atoms with Crippen LogP contribution in [0, 0.1) is 11.3 Å². The fourth-order valence-corrected chi connectivity index (χ4v) is 4.43. The standard InChI is InChI=1S/C18H28N4O3S/c1-5-9-26(24,25)21-15-8-6-7-14(10-15)12-22-16(23)18(4,11-13(2)3)20-17(22)19/h6-8,10,13,21H,5,9,11-12H2,1-4H3,(H2,19,20). The van der Waals surface area contributed by atoms with Gasteiger partial charge in [-0.15, -0.1) is 0 Å². The van der Waals surface area contributed by atoms with E-state index in [2.05, 4.69) is 10.0 Å². The highest BCUT2D eigenvalue weighted by Gasteiger charge is 2.45. The zero-order valence-corrected chi connectivity index (χ0v) is 16.6. The highest BCUT2D eigenvalue weighted by molar-refractivity contribution is 7.92. The molecule has 1 aliphatic rings. The van der Waals surface area contributed by atoms with Crippen molar-refractivity contribution < 1.29 is 13.2 Å². The number of hydrogen-bond acceptors (Lipinski definition) is 4. The summed E-state index contributed by atoms with van der Waals surface area (Å²) in [4.78, 5) is 14.2. The number of nitrogens with zero attached hydrogens (tertiary/aromatic N) is 1. The third kappa shape index (κ3) is 4.75. The molecule has 7 nitrogen and oxygen atoms in total. The van der Waals surface area contributed by atoms with E-state index in [9.17, 15) is 13.2 Å². The van der Waals surface area contributed by atoms with E-state index in [0.29, 0.717) is 24.4 Å². The van der Waals surface area contributed by atoms with Crippen molar-refractivity contribution in [2.75, 3.05) is 10.5 Å². The zero-order valence-electron chi connectivity index (χ0n) is 15.8. The van der Waals surface area contributed by atoms with Crippen molar-refractivity contribution in [2.24, 2.45) is 5.92 Å². The number of carbonyl (C=O) groups excluding carboxylic acids is 1. The van der Waals surface area contributed by atoms with Crippen LogP contribution in [0.1, 0.15) is 46.1 Å². The van der Waals surface area contributed by atoms with E-state index in [0.717, 1.165) is 5.56 Å². The van der Waals surface area contributed by atoms with E-state index in [1.165, 1.54) is 4.90 Å². The van der Waals surface area contributed by atoms with E-state index in [1.54, 1.807) is 25.1 Å². The molecule has 2 rings (SSSR count). The first kappa shape index (κ1) is 20.2. The molecular formula is C18H28N4O3S. The van der Waals surface area contributed by atoms with E-state index in [-0.39, 0.29) is 24.2 Å². The van der Waals surface area contributed by atoms with Gasteiger partial charge in [0.25, 0.3) is 5.91 Å². The van der Waals surface area contributed by atoms with Gasteiger partial charge in [0.1, 0.15) is 5.54 Å². The Labute approximate surface area is 155 Å². The topological polar surface area (TPSA) is 102 Å². The lowest BCUT2D eigenvalue weighted by atomic mass is 9.91. The number of guanidine groups is 1. The first-order chi connectivity index (χ1) is 12.1. The second-order valence-corrected chi connectivity index (χ2v) is 9.26. The minimum absolute atomic E-state index is 0.0595. The molecule has 0 bridgehead atoms. The van der Waals surface area contributed by atoms with Crippen LogP contribution in [-0.2, 0) is 21.4 Å². The van der Waals surface area contributed by atoms with Crippen molar-refractivity contribution >= 4 is 27.6 Å². The summed E-state index contributed by atoms with van der Waals surface area (Å²) >= 11 is 0. The number of anilines is 1. The van der Waals surface area contributed by atoms with Gasteiger partial charge in [-0.05, 0) is 43.4 Å². The zero-order chi connectivity index (χ0) is 19.5. The molecule has 1 amide bonds. The lowest BCUT2D eigenvalue weighted by Crippen LogP contribution is -2.44. The van der Waals surface area contributed by atoms with Gasteiger partial charge in [-0.1, -0.05) is 32.9 Å². The minimum Gasteiger partial charge on any atom is -0.342 e. The van der Waals surface area contributed by atoms with E-state index < -0.39 is 15.6 Å². The average molecular weight is 381 g/mol. The maximum atomic E-state index is 12.8. The molecule has 0 saturated carbocycles. The number of benzene rings is 1. The van der Waals surface area contributed by atoms with Crippen molar-refractivity contribution in [1.29, 1.82) is 5.41 Å². The van der Waals surface area contributed by atoms with Crippen LogP contribution in [0.4, 0.5) is 5.69 Å². The summed E-state index contributed by atoms with van der Waals surface area (Å²) in [6, 6.07) is 6.93. The lowest BCUT2D eigenvalue weighted by molar-refractivity contribution is -0.131. The Morgan fingerprint density at radius 2 is 2.04 bits per heavy atom. The first-order valence-corrected chi connectivity index (χ1v) is 10.5. The Balaban J connectivity index is 2.15. The Hall–Kier alpha value is -2.09. The molecule has 1 aliphatic heterocycles. The molecule has 8 heteroatoms. The van der Waals surface area contributed by atoms with E-state index in [1.807, 2.05) is 26.8 Å². The van der Waals surface area contributed by atoms with Crippen LogP contribution in [0.5, 0.6) is 0 Å². The molecule has 144 valence electrons. The quantitative estimate of drug-likeness (QED) is 0.645. The molecular weight excluding hydrogens is 352 g/mol. The van der Waals surface area contributed by atoms with Crippen molar-refractivity contribution in [3.05, 3.63) is 29.8 Å². The Kier molecular flexibility index (Phi) is 5.95. The van der Waals surface area contributed by atoms with Gasteiger partial charge in [0, 0.05) is 5.69 Å². The van der Waals surface area contributed by atoms with Crippen LogP contribution in [-0.4, -0.2) is 36.5 Å². The molecule has 1 aromatic rings. The van der Waals surface area contributed by atoms with Crippen LogP contribution < -0.4 is 10.0 Å². The molecule has 1 heterocycles. The highest BCUT2D eigenvalue weighted by atomic mass is 32.2. The summed E-state index contributed by atoms with van der Waals surface area (Å²) in [5, 5.41) is 11.1. The molecule has 1 unspecified atom stereocenters. The monoisotopic (exact) mass is 380 g/mol. The lowest BCUT2D eigenvalue weighted by Gasteiger charge is -2.24. The number of hydrogen-bond donors (Lipinski definition) is 3. The maximum absolute atomic E-state index is 12.8. The number of sulfonamides is 1. The molecule has 1 aromatic carbocycles. The largest absolute Gasteiger partial charge is 0.342 e. The van der Waals surface area contributed by atoms with Crippen LogP contribution >= 0.6 is 0 Å². The molecule has 0 aromatic heterocycles. The van der Waals surface area contributed by atoms with Gasteiger partial charge < -0.3 is 5.32 Å². The van der Waals surface area contributed by atoms with E-state index >= 15 is 0 Å². The number of amides is 1. The molecule has 1 atom stereocenters. The van der Waals surface area contributed by atoms with Gasteiger partial charge >= 0.3 is 0 Å². The second-order valence-electron chi connectivity index (χ2n) is 7.42. The van der Waals surface area contributed by atoms with Crippen molar-refractivity contribution in [3.8, 4) is 0 Å². The third-order valence-corrected chi connectivity index (χ3v) is 5.70. The summed E-state index contributed by atoms with van der Waals surface area (Å²) in [5.41, 5.74) is 0.452. The number of rotatable bonds is 8. The highest BCUT2D eigenvalue weighted by Crippen LogP contribution is 2.26. The van der Waals surface area contributed by atoms with Gasteiger partial charge in [-0.3, -0.25) is 19.8 Å². The molecule has 1 fully saturated rings. The van der Waals surface area contributed by atoms with Gasteiger partial charge in [-0.25, -0.2) is 8.42 Å². The van der Waals surface area contributed by atoms with Crippen LogP contribution in [0.3, 0.4) is 0 Å². The fourth-order valence-electron chi connectivity index (χ4n) is 3.30. The Bertz CT molecular complexity index is 791. The predicted molar refractivity (Wildman–Crippen MR) is 103 cm³/mol. The smallest absolute Gasteiger partial charge is 0.255 e. The number of carbonyl (C=O) groups is 1. The third-order valence-electron chi connectivity index (χ3n) is 4.21. The van der Waals surface area contributed by atoms with Gasteiger partial charge in [0.15, 0.2) is 5.96 Å². The first-order valence-electron chi connectivity index (χ1n) is 8.84. The summed E-state index contributed by atoms with van der Waals surface area (Å²) in [6.45, 7) is 7.93. The van der Waals surface area contributed by atoms with Gasteiger partial charge in [0.05, 0.1) is 12.3 Å². The van der Waals surface area contributed by atoms with Crippen LogP contribution in [0.25, 0.3) is 0 Å². The van der Waals surface area contributed by atoms with Crippen molar-refractivity contribution in [2.45, 2.75) is 52.6 Å². The van der Waals surface area contributed by atoms with Crippen LogP contribution in [0.15, 0.2) is 24.3 Å². The second kappa shape index (κ2) is 7.65. The van der Waals surface area contributed by atoms with E-state index in [4.69, 9.17) is 5.41 Å². The predicted octanol–water partition coefficient (Wildman–Crippen LogP) is 2.51. The molecule has 0 radical (unpaired) electrons. The molecule has 3 N–H and O–H groups in total. The van der Waals surface area contributed by atoms with Crippen molar-refractivity contribution in [3.63, 3.8) is 0 Å². The van der Waals surface area contributed by atoms with Gasteiger partial charge in [-0.2, -0.15) is 0 Å². The molecule has 0 spiro atoms. The summed E-state index contributed by atoms with van der Waals surface area (Å²) in [5.74, 6) is 0.327. The maximum Gasteiger partial charge on any atom is 0.255 e.